The van der Waals surface area contributed by atoms with Crippen molar-refractivity contribution >= 4 is 22.5 Å². The number of aromatic nitrogens is 1. The molecule has 3 nitrogen and oxygen atoms in total. The number of nitrogens with zero attached hydrogens (tertiary/aromatic N) is 1. The summed E-state index contributed by atoms with van der Waals surface area (Å²) in [6, 6.07) is 16.4. The SMILES string of the molecule is CCCCn1c(C(=O)Nc2ccc(C(C)C)cc2)c(C)c2ccccc21. The molecule has 0 unspecified atom stereocenters. The van der Waals surface area contributed by atoms with Gasteiger partial charge < -0.3 is 9.88 Å². The molecule has 0 radical (unpaired) electrons. The Hall–Kier alpha value is -2.55. The number of rotatable bonds is 6. The van der Waals surface area contributed by atoms with Crippen LogP contribution >= 0.6 is 0 Å². The first-order valence-electron chi connectivity index (χ1n) is 9.52. The van der Waals surface area contributed by atoms with Crippen LogP contribution in [-0.2, 0) is 6.54 Å². The number of benzene rings is 2. The minimum atomic E-state index is -0.0351. The van der Waals surface area contributed by atoms with Gasteiger partial charge in [0, 0.05) is 23.1 Å². The molecule has 0 saturated carbocycles. The van der Waals surface area contributed by atoms with E-state index in [1.165, 1.54) is 5.56 Å². The van der Waals surface area contributed by atoms with E-state index in [0.29, 0.717) is 5.92 Å². The molecule has 0 saturated heterocycles. The molecule has 136 valence electrons. The van der Waals surface area contributed by atoms with Crippen molar-refractivity contribution in [2.75, 3.05) is 5.32 Å². The van der Waals surface area contributed by atoms with Crippen LogP contribution in [0.4, 0.5) is 5.69 Å². The summed E-state index contributed by atoms with van der Waals surface area (Å²) in [5, 5.41) is 4.24. The summed E-state index contributed by atoms with van der Waals surface area (Å²) in [4.78, 5) is 13.1. The number of fused-ring (bicyclic) bond motifs is 1. The molecule has 26 heavy (non-hydrogen) atoms. The second-order valence-corrected chi connectivity index (χ2v) is 7.23. The Kier molecular flexibility index (Phi) is 5.46. The summed E-state index contributed by atoms with van der Waals surface area (Å²) in [5.41, 5.74) is 5.07. The van der Waals surface area contributed by atoms with Crippen LogP contribution in [0.25, 0.3) is 10.9 Å². The van der Waals surface area contributed by atoms with Crippen LogP contribution in [0.15, 0.2) is 48.5 Å². The van der Waals surface area contributed by atoms with E-state index in [2.05, 4.69) is 54.9 Å². The second-order valence-electron chi connectivity index (χ2n) is 7.23. The number of carbonyl (C=O) groups excluding carboxylic acids is 1. The molecule has 3 aromatic rings. The van der Waals surface area contributed by atoms with Gasteiger partial charge in [-0.2, -0.15) is 0 Å². The third-order valence-electron chi connectivity index (χ3n) is 5.01. The maximum atomic E-state index is 13.1. The molecule has 0 aliphatic heterocycles. The van der Waals surface area contributed by atoms with E-state index in [1.807, 2.05) is 31.2 Å². The molecule has 0 aliphatic carbocycles. The zero-order chi connectivity index (χ0) is 18.7. The monoisotopic (exact) mass is 348 g/mol. The average molecular weight is 348 g/mol. The fourth-order valence-corrected chi connectivity index (χ4v) is 3.46. The topological polar surface area (TPSA) is 34.0 Å². The predicted molar refractivity (Wildman–Crippen MR) is 110 cm³/mol. The number of para-hydroxylation sites is 1. The molecule has 1 amide bonds. The van der Waals surface area contributed by atoms with Crippen LogP contribution in [0.3, 0.4) is 0 Å². The average Bonchev–Trinajstić information content (AvgIpc) is 2.93. The smallest absolute Gasteiger partial charge is 0.272 e. The van der Waals surface area contributed by atoms with Crippen molar-refractivity contribution in [3.05, 3.63) is 65.4 Å². The molecule has 2 aromatic carbocycles. The minimum absolute atomic E-state index is 0.0351. The first-order chi connectivity index (χ1) is 12.5. The van der Waals surface area contributed by atoms with E-state index >= 15 is 0 Å². The first-order valence-corrected chi connectivity index (χ1v) is 9.52. The molecule has 3 rings (SSSR count). The lowest BCUT2D eigenvalue weighted by Crippen LogP contribution is -2.18. The Morgan fingerprint density at radius 1 is 1.08 bits per heavy atom. The van der Waals surface area contributed by atoms with Gasteiger partial charge in [0.05, 0.1) is 0 Å². The van der Waals surface area contributed by atoms with E-state index < -0.39 is 0 Å². The lowest BCUT2D eigenvalue weighted by molar-refractivity contribution is 0.101. The Labute approximate surface area is 156 Å². The summed E-state index contributed by atoms with van der Waals surface area (Å²) in [5.74, 6) is 0.450. The molecule has 0 fully saturated rings. The molecule has 1 N–H and O–H groups in total. The lowest BCUT2D eigenvalue weighted by atomic mass is 10.0. The Balaban J connectivity index is 1.95. The largest absolute Gasteiger partial charge is 0.336 e. The van der Waals surface area contributed by atoms with Crippen molar-refractivity contribution in [1.29, 1.82) is 0 Å². The van der Waals surface area contributed by atoms with Gasteiger partial charge in [-0.3, -0.25) is 4.79 Å². The van der Waals surface area contributed by atoms with Crippen molar-refractivity contribution in [2.45, 2.75) is 53.0 Å². The fourth-order valence-electron chi connectivity index (χ4n) is 3.46. The molecule has 0 bridgehead atoms. The van der Waals surface area contributed by atoms with Crippen molar-refractivity contribution in [1.82, 2.24) is 4.57 Å². The number of hydrogen-bond acceptors (Lipinski definition) is 1. The summed E-state index contributed by atoms with van der Waals surface area (Å²) in [6.07, 6.45) is 2.16. The van der Waals surface area contributed by atoms with Crippen molar-refractivity contribution in [2.24, 2.45) is 0 Å². The lowest BCUT2D eigenvalue weighted by Gasteiger charge is -2.12. The predicted octanol–water partition coefficient (Wildman–Crippen LogP) is 6.13. The Bertz CT molecular complexity index is 904. The highest BCUT2D eigenvalue weighted by atomic mass is 16.2. The molecule has 0 spiro atoms. The number of carbonyl (C=O) groups is 1. The third kappa shape index (κ3) is 3.52. The summed E-state index contributed by atoms with van der Waals surface area (Å²) >= 11 is 0. The highest BCUT2D eigenvalue weighted by Gasteiger charge is 2.20. The van der Waals surface area contributed by atoms with Crippen LogP contribution < -0.4 is 5.32 Å². The molecular formula is C23H28N2O. The van der Waals surface area contributed by atoms with E-state index in [0.717, 1.165) is 47.2 Å². The quantitative estimate of drug-likeness (QED) is 0.571. The summed E-state index contributed by atoms with van der Waals surface area (Å²) < 4.78 is 2.17. The zero-order valence-corrected chi connectivity index (χ0v) is 16.2. The van der Waals surface area contributed by atoms with Gasteiger partial charge in [0.1, 0.15) is 5.69 Å². The highest BCUT2D eigenvalue weighted by Crippen LogP contribution is 2.27. The van der Waals surface area contributed by atoms with E-state index in [-0.39, 0.29) is 5.91 Å². The second kappa shape index (κ2) is 7.77. The minimum Gasteiger partial charge on any atom is -0.336 e. The standard InChI is InChI=1S/C23H28N2O/c1-5-6-15-25-21-10-8-7-9-20(21)17(4)22(25)23(26)24-19-13-11-18(12-14-19)16(2)3/h7-14,16H,5-6,15H2,1-4H3,(H,24,26). The Morgan fingerprint density at radius 2 is 1.77 bits per heavy atom. The van der Waals surface area contributed by atoms with Gasteiger partial charge >= 0.3 is 0 Å². The van der Waals surface area contributed by atoms with Gasteiger partial charge in [0.2, 0.25) is 0 Å². The number of nitrogens with one attached hydrogen (secondary N) is 1. The van der Waals surface area contributed by atoms with Gasteiger partial charge in [-0.05, 0) is 48.6 Å². The molecule has 0 atom stereocenters. The van der Waals surface area contributed by atoms with Gasteiger partial charge in [0.15, 0.2) is 0 Å². The maximum Gasteiger partial charge on any atom is 0.272 e. The molecule has 3 heteroatoms. The number of aryl methyl sites for hydroxylation is 2. The highest BCUT2D eigenvalue weighted by molar-refractivity contribution is 6.08. The number of amides is 1. The number of anilines is 1. The van der Waals surface area contributed by atoms with Crippen LogP contribution in [0.5, 0.6) is 0 Å². The van der Waals surface area contributed by atoms with Gasteiger partial charge in [-0.1, -0.05) is 57.5 Å². The summed E-state index contributed by atoms with van der Waals surface area (Å²) in [7, 11) is 0. The maximum absolute atomic E-state index is 13.1. The zero-order valence-electron chi connectivity index (χ0n) is 16.2. The van der Waals surface area contributed by atoms with Gasteiger partial charge in [-0.25, -0.2) is 0 Å². The number of hydrogen-bond donors (Lipinski definition) is 1. The van der Waals surface area contributed by atoms with E-state index in [4.69, 9.17) is 0 Å². The third-order valence-corrected chi connectivity index (χ3v) is 5.01. The molecular weight excluding hydrogens is 320 g/mol. The molecule has 1 heterocycles. The van der Waals surface area contributed by atoms with E-state index in [9.17, 15) is 4.79 Å². The first kappa shape index (κ1) is 18.2. The van der Waals surface area contributed by atoms with E-state index in [1.54, 1.807) is 0 Å². The normalized spacial score (nSPS) is 11.3. The van der Waals surface area contributed by atoms with Crippen LogP contribution in [-0.4, -0.2) is 10.5 Å². The van der Waals surface area contributed by atoms with Crippen molar-refractivity contribution < 1.29 is 4.79 Å². The van der Waals surface area contributed by atoms with Gasteiger partial charge in [-0.15, -0.1) is 0 Å². The summed E-state index contributed by atoms with van der Waals surface area (Å²) in [6.45, 7) is 9.42. The fraction of sp³-hybridized carbons (Fsp3) is 0.348. The van der Waals surface area contributed by atoms with Gasteiger partial charge in [0.25, 0.3) is 5.91 Å². The molecule has 0 aliphatic rings. The number of unbranched alkanes of at least 4 members (excludes halogenated alkanes) is 1. The van der Waals surface area contributed by atoms with Crippen molar-refractivity contribution in [3.63, 3.8) is 0 Å². The van der Waals surface area contributed by atoms with Crippen LogP contribution in [0.1, 0.15) is 61.1 Å². The Morgan fingerprint density at radius 3 is 2.42 bits per heavy atom. The van der Waals surface area contributed by atoms with Crippen molar-refractivity contribution in [3.8, 4) is 0 Å². The molecule has 1 aromatic heterocycles. The van der Waals surface area contributed by atoms with Crippen LogP contribution in [0, 0.1) is 6.92 Å². The van der Waals surface area contributed by atoms with Crippen LogP contribution in [0.2, 0.25) is 0 Å².